The second-order valence-corrected chi connectivity index (χ2v) is 14.2. The topological polar surface area (TPSA) is 84.2 Å². The van der Waals surface area contributed by atoms with Crippen LogP contribution in [0.2, 0.25) is 0 Å². The van der Waals surface area contributed by atoms with Gasteiger partial charge in [-0.15, -0.1) is 10.2 Å². The Kier molecular flexibility index (Phi) is 8.87. The van der Waals surface area contributed by atoms with Crippen molar-refractivity contribution in [2.45, 2.75) is 77.4 Å². The molecule has 3 heterocycles. The lowest BCUT2D eigenvalue weighted by molar-refractivity contribution is -0.142. The first-order chi connectivity index (χ1) is 20.0. The van der Waals surface area contributed by atoms with Crippen molar-refractivity contribution in [2.75, 3.05) is 19.6 Å². The molecule has 1 saturated heterocycles. The van der Waals surface area contributed by atoms with Gasteiger partial charge in [-0.2, -0.15) is 0 Å². The quantitative estimate of drug-likeness (QED) is 0.235. The number of aromatic nitrogens is 4. The smallest absolute Gasteiger partial charge is 0.236 e. The van der Waals surface area contributed by atoms with Crippen LogP contribution in [0.5, 0.6) is 0 Å². The van der Waals surface area contributed by atoms with Crippen LogP contribution in [0, 0.1) is 11.3 Å². The first-order valence-electron chi connectivity index (χ1n) is 14.9. The molecule has 1 fully saturated rings. The summed E-state index contributed by atoms with van der Waals surface area (Å²) in [7, 11) is 0. The summed E-state index contributed by atoms with van der Waals surface area (Å²) in [4.78, 5) is 35.3. The average Bonchev–Trinajstić information content (AvgIpc) is 3.24. The maximum Gasteiger partial charge on any atom is 0.236 e. The van der Waals surface area contributed by atoms with E-state index in [1.54, 1.807) is 0 Å². The Labute approximate surface area is 252 Å². The van der Waals surface area contributed by atoms with Gasteiger partial charge in [-0.3, -0.25) is 9.59 Å². The molecular formula is C33H42N6O2S. The van der Waals surface area contributed by atoms with Crippen molar-refractivity contribution in [3.8, 4) is 0 Å². The number of carbonyl (C=O) groups is 2. The number of thioether (sulfide) groups is 1. The first kappa shape index (κ1) is 30.0. The van der Waals surface area contributed by atoms with Crippen molar-refractivity contribution in [3.63, 3.8) is 0 Å². The van der Waals surface area contributed by atoms with E-state index in [2.05, 4.69) is 60.7 Å². The minimum absolute atomic E-state index is 0.0165. The van der Waals surface area contributed by atoms with Crippen LogP contribution in [0.25, 0.3) is 22.1 Å². The predicted molar refractivity (Wildman–Crippen MR) is 169 cm³/mol. The largest absolute Gasteiger partial charge is 0.338 e. The van der Waals surface area contributed by atoms with Crippen LogP contribution in [0.1, 0.15) is 59.9 Å². The molecular weight excluding hydrogens is 544 g/mol. The van der Waals surface area contributed by atoms with E-state index < -0.39 is 0 Å². The number of rotatable bonds is 8. The van der Waals surface area contributed by atoms with Gasteiger partial charge in [0.1, 0.15) is 5.52 Å². The Morgan fingerprint density at radius 1 is 1.00 bits per heavy atom. The molecule has 2 amide bonds. The van der Waals surface area contributed by atoms with Gasteiger partial charge in [-0.1, -0.05) is 88.0 Å². The molecule has 0 spiro atoms. The number of para-hydroxylation sites is 1. The van der Waals surface area contributed by atoms with E-state index in [0.717, 1.165) is 28.5 Å². The number of nitrogens with zero attached hydrogens (tertiary/aromatic N) is 6. The first-order valence-corrected chi connectivity index (χ1v) is 15.8. The third-order valence-corrected chi connectivity index (χ3v) is 8.85. The molecule has 0 N–H and O–H groups in total. The van der Waals surface area contributed by atoms with E-state index in [1.807, 2.05) is 60.0 Å². The van der Waals surface area contributed by atoms with Gasteiger partial charge in [-0.25, -0.2) is 4.98 Å². The second kappa shape index (κ2) is 12.4. The van der Waals surface area contributed by atoms with Gasteiger partial charge in [0.05, 0.1) is 10.8 Å². The molecule has 9 heteroatoms. The highest BCUT2D eigenvalue weighted by atomic mass is 32.2. The van der Waals surface area contributed by atoms with Gasteiger partial charge < -0.3 is 14.4 Å². The van der Waals surface area contributed by atoms with Gasteiger partial charge in [-0.05, 0) is 43.2 Å². The highest BCUT2D eigenvalue weighted by molar-refractivity contribution is 8.00. The third-order valence-electron chi connectivity index (χ3n) is 7.91. The molecule has 3 atom stereocenters. The number of piperazine rings is 1. The predicted octanol–water partition coefficient (Wildman–Crippen LogP) is 6.03. The number of fused-ring (bicyclic) bond motifs is 3. The average molecular weight is 587 g/mol. The maximum atomic E-state index is 13.5. The highest BCUT2D eigenvalue weighted by Crippen LogP contribution is 2.30. The molecule has 0 bridgehead atoms. The molecule has 0 aliphatic carbocycles. The number of hydrogen-bond acceptors (Lipinski definition) is 6. The van der Waals surface area contributed by atoms with Crippen LogP contribution in [0.4, 0.5) is 0 Å². The van der Waals surface area contributed by atoms with E-state index in [-0.39, 0.29) is 28.5 Å². The molecule has 2 aromatic carbocycles. The maximum absolute atomic E-state index is 13.5. The van der Waals surface area contributed by atoms with Crippen LogP contribution >= 0.6 is 11.8 Å². The highest BCUT2D eigenvalue weighted by Gasteiger charge is 2.33. The van der Waals surface area contributed by atoms with Crippen molar-refractivity contribution in [1.29, 1.82) is 0 Å². The molecule has 8 nitrogen and oxygen atoms in total. The molecule has 2 aromatic heterocycles. The summed E-state index contributed by atoms with van der Waals surface area (Å²) in [6.45, 7) is 15.0. The van der Waals surface area contributed by atoms with Gasteiger partial charge in [0.15, 0.2) is 5.65 Å². The van der Waals surface area contributed by atoms with Gasteiger partial charge in [0, 0.05) is 44.0 Å². The summed E-state index contributed by atoms with van der Waals surface area (Å²) in [5.41, 5.74) is 3.95. The third kappa shape index (κ3) is 6.77. The summed E-state index contributed by atoms with van der Waals surface area (Å²) in [6.07, 6.45) is 1.56. The lowest BCUT2D eigenvalue weighted by Crippen LogP contribution is -2.56. The van der Waals surface area contributed by atoms with Crippen molar-refractivity contribution in [1.82, 2.24) is 29.5 Å². The standard InChI is InChI=1S/C33H42N6O2S/c1-22(19-33(4,5)6)18-28(40)38-17-16-37(20-23(38)2)31(41)24(3)42-32-34-30-29(35-36-32)26-14-10-11-15-27(26)39(30)21-25-12-8-7-9-13-25/h7-15,22-24H,16-21H2,1-6H3. The molecule has 1 aliphatic rings. The van der Waals surface area contributed by atoms with Crippen LogP contribution in [0.15, 0.2) is 59.8 Å². The fourth-order valence-electron chi connectivity index (χ4n) is 6.19. The van der Waals surface area contributed by atoms with Crippen molar-refractivity contribution >= 4 is 45.6 Å². The summed E-state index contributed by atoms with van der Waals surface area (Å²) in [5.74, 6) is 0.555. The van der Waals surface area contributed by atoms with Crippen molar-refractivity contribution < 1.29 is 9.59 Å². The normalized spacial score (nSPS) is 17.5. The summed E-state index contributed by atoms with van der Waals surface area (Å²) >= 11 is 1.34. The number of hydrogen-bond donors (Lipinski definition) is 0. The monoisotopic (exact) mass is 586 g/mol. The molecule has 0 saturated carbocycles. The minimum atomic E-state index is -0.377. The van der Waals surface area contributed by atoms with Gasteiger partial charge in [0.25, 0.3) is 0 Å². The van der Waals surface area contributed by atoms with Crippen molar-refractivity contribution in [2.24, 2.45) is 11.3 Å². The Balaban J connectivity index is 1.26. The summed E-state index contributed by atoms with van der Waals surface area (Å²) < 4.78 is 2.17. The van der Waals surface area contributed by atoms with Gasteiger partial charge >= 0.3 is 0 Å². The number of amides is 2. The Bertz CT molecular complexity index is 1560. The van der Waals surface area contributed by atoms with Crippen LogP contribution in [-0.2, 0) is 16.1 Å². The molecule has 222 valence electrons. The minimum Gasteiger partial charge on any atom is -0.338 e. The Hall–Kier alpha value is -3.46. The molecule has 0 radical (unpaired) electrons. The van der Waals surface area contributed by atoms with E-state index in [4.69, 9.17) is 4.98 Å². The molecule has 5 rings (SSSR count). The zero-order valence-corrected chi connectivity index (χ0v) is 26.4. The van der Waals surface area contributed by atoms with E-state index in [1.165, 1.54) is 17.3 Å². The fourth-order valence-corrected chi connectivity index (χ4v) is 6.99. The number of benzene rings is 2. The van der Waals surface area contributed by atoms with Crippen molar-refractivity contribution in [3.05, 3.63) is 60.2 Å². The summed E-state index contributed by atoms with van der Waals surface area (Å²) in [6, 6.07) is 18.4. The van der Waals surface area contributed by atoms with Crippen LogP contribution in [-0.4, -0.2) is 72.3 Å². The molecule has 3 unspecified atom stereocenters. The molecule has 1 aliphatic heterocycles. The fraction of sp³-hybridized carbons (Fsp3) is 0.485. The second-order valence-electron chi connectivity index (χ2n) is 12.9. The molecule has 42 heavy (non-hydrogen) atoms. The lowest BCUT2D eigenvalue weighted by Gasteiger charge is -2.41. The van der Waals surface area contributed by atoms with Gasteiger partial charge in [0.2, 0.25) is 17.0 Å². The lowest BCUT2D eigenvalue weighted by atomic mass is 9.84. The summed E-state index contributed by atoms with van der Waals surface area (Å²) in [5, 5.41) is 10.1. The Morgan fingerprint density at radius 2 is 1.71 bits per heavy atom. The molecule has 4 aromatic rings. The SMILES string of the molecule is CC(CC(=O)N1CCN(C(=O)C(C)Sc2nnc3c4ccccc4n(Cc4ccccc4)c3n2)CC1C)CC(C)(C)C. The number of carbonyl (C=O) groups excluding carboxylic acids is 2. The zero-order valence-electron chi connectivity index (χ0n) is 25.6. The van der Waals surface area contributed by atoms with Crippen LogP contribution in [0.3, 0.4) is 0 Å². The van der Waals surface area contributed by atoms with E-state index in [0.29, 0.717) is 43.7 Å². The zero-order chi connectivity index (χ0) is 30.0. The van der Waals surface area contributed by atoms with Crippen LogP contribution < -0.4 is 0 Å². The Morgan fingerprint density at radius 3 is 2.43 bits per heavy atom. The van der Waals surface area contributed by atoms with E-state index in [9.17, 15) is 9.59 Å². The van der Waals surface area contributed by atoms with E-state index >= 15 is 0 Å².